The van der Waals surface area contributed by atoms with Gasteiger partial charge in [-0.15, -0.1) is 0 Å². The highest BCUT2D eigenvalue weighted by atomic mass is 19.4. The van der Waals surface area contributed by atoms with E-state index in [4.69, 9.17) is 4.74 Å². The van der Waals surface area contributed by atoms with Crippen LogP contribution in [0.3, 0.4) is 0 Å². The van der Waals surface area contributed by atoms with Gasteiger partial charge in [0, 0.05) is 18.9 Å². The van der Waals surface area contributed by atoms with E-state index in [1.807, 2.05) is 48.5 Å². The molecule has 10 heteroatoms. The van der Waals surface area contributed by atoms with Crippen LogP contribution < -0.4 is 5.32 Å². The van der Waals surface area contributed by atoms with Crippen molar-refractivity contribution < 1.29 is 32.6 Å². The average Bonchev–Trinajstić information content (AvgIpc) is 3.32. The molecule has 1 amide bonds. The molecule has 1 atom stereocenters. The van der Waals surface area contributed by atoms with E-state index in [0.717, 1.165) is 22.3 Å². The van der Waals surface area contributed by atoms with Gasteiger partial charge in [-0.05, 0) is 28.7 Å². The highest BCUT2D eigenvalue weighted by Crippen LogP contribution is 2.44. The summed E-state index contributed by atoms with van der Waals surface area (Å²) in [5.74, 6) is -3.54. The third-order valence-electron chi connectivity index (χ3n) is 6.41. The maximum atomic E-state index is 13.1. The molecule has 2 aliphatic rings. The number of imidazole rings is 1. The fourth-order valence-corrected chi connectivity index (χ4v) is 4.82. The topological polar surface area (TPSA) is 93.5 Å². The molecule has 5 rings (SSSR count). The number of benzene rings is 2. The van der Waals surface area contributed by atoms with Crippen molar-refractivity contribution in [3.05, 3.63) is 71.2 Å². The molecule has 0 fully saturated rings. The van der Waals surface area contributed by atoms with Crippen LogP contribution in [-0.4, -0.2) is 39.5 Å². The number of carbonyl (C=O) groups excluding carboxylic acids is 1. The molecule has 1 aliphatic carbocycles. The molecular weight excluding hydrogens is 451 g/mol. The van der Waals surface area contributed by atoms with Crippen LogP contribution in [0.2, 0.25) is 0 Å². The molecule has 0 saturated carbocycles. The molecule has 0 radical (unpaired) electrons. The van der Waals surface area contributed by atoms with Gasteiger partial charge in [-0.2, -0.15) is 13.2 Å². The summed E-state index contributed by atoms with van der Waals surface area (Å²) in [5.41, 5.74) is 3.78. The number of aromatic carboxylic acids is 1. The Labute approximate surface area is 192 Å². The summed E-state index contributed by atoms with van der Waals surface area (Å²) in [6.45, 7) is -0.146. The smallest absolute Gasteiger partial charge is 0.412 e. The molecule has 1 aromatic heterocycles. The lowest BCUT2D eigenvalue weighted by molar-refractivity contribution is -0.179. The van der Waals surface area contributed by atoms with Crippen molar-refractivity contribution in [3.8, 4) is 11.1 Å². The number of halogens is 3. The molecule has 34 heavy (non-hydrogen) atoms. The molecule has 0 saturated heterocycles. The molecule has 0 bridgehead atoms. The number of amides is 1. The summed E-state index contributed by atoms with van der Waals surface area (Å²) in [4.78, 5) is 28.3. The minimum Gasteiger partial charge on any atom is -0.476 e. The van der Waals surface area contributed by atoms with Crippen molar-refractivity contribution in [3.63, 3.8) is 0 Å². The number of hydrogen-bond donors (Lipinski definition) is 2. The van der Waals surface area contributed by atoms with Crippen molar-refractivity contribution >= 4 is 17.9 Å². The number of carbonyl (C=O) groups is 2. The second-order valence-electron chi connectivity index (χ2n) is 8.36. The van der Waals surface area contributed by atoms with Crippen LogP contribution in [0.1, 0.15) is 39.8 Å². The SMILES string of the molecule is O=C(Nc1nc2n(c1C(=O)O)CCC(C(F)(F)F)C2)OCC1c2ccccc2-c2ccccc21. The van der Waals surface area contributed by atoms with Gasteiger partial charge < -0.3 is 14.4 Å². The minimum absolute atomic E-state index is 0.00593. The number of nitrogens with one attached hydrogen (secondary N) is 1. The first-order valence-electron chi connectivity index (χ1n) is 10.8. The van der Waals surface area contributed by atoms with Crippen molar-refractivity contribution in [1.29, 1.82) is 0 Å². The summed E-state index contributed by atoms with van der Waals surface area (Å²) in [5, 5.41) is 11.9. The molecular formula is C24H20F3N3O4. The highest BCUT2D eigenvalue weighted by molar-refractivity contribution is 5.96. The van der Waals surface area contributed by atoms with Crippen LogP contribution >= 0.6 is 0 Å². The van der Waals surface area contributed by atoms with E-state index in [0.29, 0.717) is 0 Å². The van der Waals surface area contributed by atoms with E-state index in [1.54, 1.807) is 0 Å². The molecule has 176 valence electrons. The van der Waals surface area contributed by atoms with Crippen LogP contribution in [0.5, 0.6) is 0 Å². The van der Waals surface area contributed by atoms with E-state index in [-0.39, 0.29) is 42.8 Å². The first-order chi connectivity index (χ1) is 16.2. The number of anilines is 1. The number of ether oxygens (including phenoxy) is 1. The second kappa shape index (κ2) is 8.19. The predicted octanol–water partition coefficient (Wildman–Crippen LogP) is 5.07. The standard InChI is InChI=1S/C24H20F3N3O4/c25-24(26,27)13-9-10-30-19(11-13)28-21(20(30)22(31)32)29-23(33)34-12-18-16-7-3-1-5-14(16)15-6-2-4-8-17(15)18/h1-8,13,18H,9-12H2,(H,29,33)(H,31,32). The first kappa shape index (κ1) is 22.0. The lowest BCUT2D eigenvalue weighted by Gasteiger charge is -2.25. The lowest BCUT2D eigenvalue weighted by atomic mass is 9.97. The van der Waals surface area contributed by atoms with Gasteiger partial charge in [0.1, 0.15) is 12.4 Å². The Morgan fingerprint density at radius 3 is 2.29 bits per heavy atom. The number of carboxylic acids is 1. The number of carboxylic acid groups (broad SMARTS) is 1. The zero-order valence-corrected chi connectivity index (χ0v) is 17.8. The molecule has 3 aromatic rings. The summed E-state index contributed by atoms with van der Waals surface area (Å²) < 4.78 is 46.0. The molecule has 0 spiro atoms. The molecule has 1 aliphatic heterocycles. The predicted molar refractivity (Wildman–Crippen MR) is 116 cm³/mol. The number of nitrogens with zero attached hydrogens (tertiary/aromatic N) is 2. The Balaban J connectivity index is 1.33. The van der Waals surface area contributed by atoms with E-state index >= 15 is 0 Å². The van der Waals surface area contributed by atoms with Crippen molar-refractivity contribution in [1.82, 2.24) is 9.55 Å². The Morgan fingerprint density at radius 2 is 1.71 bits per heavy atom. The van der Waals surface area contributed by atoms with Gasteiger partial charge >= 0.3 is 18.2 Å². The third-order valence-corrected chi connectivity index (χ3v) is 6.41. The van der Waals surface area contributed by atoms with Crippen molar-refractivity contribution in [2.75, 3.05) is 11.9 Å². The molecule has 2 heterocycles. The number of fused-ring (bicyclic) bond motifs is 4. The summed E-state index contributed by atoms with van der Waals surface area (Å²) in [7, 11) is 0. The van der Waals surface area contributed by atoms with Gasteiger partial charge in [-0.25, -0.2) is 14.6 Å². The first-order valence-corrected chi connectivity index (χ1v) is 10.8. The molecule has 1 unspecified atom stereocenters. The van der Waals surface area contributed by atoms with E-state index in [1.165, 1.54) is 4.57 Å². The Hall–Kier alpha value is -3.82. The molecule has 7 nitrogen and oxygen atoms in total. The Bertz CT molecular complexity index is 1240. The van der Waals surface area contributed by atoms with Crippen LogP contribution in [0, 0.1) is 5.92 Å². The number of hydrogen-bond acceptors (Lipinski definition) is 4. The fraction of sp³-hybridized carbons (Fsp3) is 0.292. The second-order valence-corrected chi connectivity index (χ2v) is 8.36. The van der Waals surface area contributed by atoms with E-state index in [2.05, 4.69) is 10.3 Å². The largest absolute Gasteiger partial charge is 0.476 e. The zero-order valence-electron chi connectivity index (χ0n) is 17.8. The van der Waals surface area contributed by atoms with Gasteiger partial charge in [-0.3, -0.25) is 5.32 Å². The number of alkyl halides is 3. The summed E-state index contributed by atoms with van der Waals surface area (Å²) >= 11 is 0. The van der Waals surface area contributed by atoms with Gasteiger partial charge in [0.25, 0.3) is 0 Å². The van der Waals surface area contributed by atoms with Gasteiger partial charge in [0.2, 0.25) is 0 Å². The van der Waals surface area contributed by atoms with Crippen LogP contribution in [0.4, 0.5) is 23.8 Å². The number of rotatable bonds is 4. The van der Waals surface area contributed by atoms with Crippen molar-refractivity contribution in [2.45, 2.75) is 31.5 Å². The normalized spacial score (nSPS) is 17.0. The lowest BCUT2D eigenvalue weighted by Crippen LogP contribution is -2.32. The summed E-state index contributed by atoms with van der Waals surface area (Å²) in [6.07, 6.45) is -6.03. The van der Waals surface area contributed by atoms with Gasteiger partial charge in [0.05, 0.1) is 5.92 Å². The average molecular weight is 471 g/mol. The van der Waals surface area contributed by atoms with E-state index < -0.39 is 30.6 Å². The monoisotopic (exact) mass is 471 g/mol. The highest BCUT2D eigenvalue weighted by Gasteiger charge is 2.43. The minimum atomic E-state index is -4.40. The van der Waals surface area contributed by atoms with Crippen LogP contribution in [0.25, 0.3) is 11.1 Å². The van der Waals surface area contributed by atoms with E-state index in [9.17, 15) is 27.9 Å². The van der Waals surface area contributed by atoms with Crippen molar-refractivity contribution in [2.24, 2.45) is 5.92 Å². The fourth-order valence-electron chi connectivity index (χ4n) is 4.82. The quantitative estimate of drug-likeness (QED) is 0.554. The maximum absolute atomic E-state index is 13.1. The van der Waals surface area contributed by atoms with Gasteiger partial charge in [-0.1, -0.05) is 48.5 Å². The zero-order chi connectivity index (χ0) is 24.0. The summed E-state index contributed by atoms with van der Waals surface area (Å²) in [6, 6.07) is 15.6. The van der Waals surface area contributed by atoms with Crippen LogP contribution in [0.15, 0.2) is 48.5 Å². The maximum Gasteiger partial charge on any atom is 0.412 e. The Morgan fingerprint density at radius 1 is 1.09 bits per heavy atom. The van der Waals surface area contributed by atoms with Crippen LogP contribution in [-0.2, 0) is 17.7 Å². The number of aromatic nitrogens is 2. The molecule has 2 aromatic carbocycles. The Kier molecular flexibility index (Phi) is 5.30. The van der Waals surface area contributed by atoms with Gasteiger partial charge in [0.15, 0.2) is 11.5 Å². The third kappa shape index (κ3) is 3.78. The molecule has 2 N–H and O–H groups in total.